The number of carboxylic acids is 1. The summed E-state index contributed by atoms with van der Waals surface area (Å²) in [5, 5.41) is 12.6. The van der Waals surface area contributed by atoms with E-state index in [-0.39, 0.29) is 11.1 Å². The smallest absolute Gasteiger partial charge is 0.341 e. The molecule has 3 aromatic rings. The van der Waals surface area contributed by atoms with Gasteiger partial charge in [0.15, 0.2) is 5.43 Å². The number of benzene rings is 1. The van der Waals surface area contributed by atoms with Crippen molar-refractivity contribution >= 4 is 11.7 Å². The number of pyridine rings is 1. The van der Waals surface area contributed by atoms with Crippen LogP contribution in [0.25, 0.3) is 22.4 Å². The minimum Gasteiger partial charge on any atom is -0.477 e. The number of aromatic nitrogens is 1. The van der Waals surface area contributed by atoms with Crippen LogP contribution in [0.2, 0.25) is 0 Å². The first kappa shape index (κ1) is 16.9. The van der Waals surface area contributed by atoms with Gasteiger partial charge in [-0.15, -0.1) is 0 Å². The highest BCUT2D eigenvalue weighted by atomic mass is 16.4. The van der Waals surface area contributed by atoms with Crippen molar-refractivity contribution < 1.29 is 14.3 Å². The number of nitrogens with zero attached hydrogens (tertiary/aromatic N) is 1. The maximum absolute atomic E-state index is 12.4. The molecular formula is C22H20N2O4. The van der Waals surface area contributed by atoms with Gasteiger partial charge in [0.25, 0.3) is 0 Å². The molecule has 0 unspecified atom stereocenters. The summed E-state index contributed by atoms with van der Waals surface area (Å²) in [6.07, 6.45) is 8.82. The van der Waals surface area contributed by atoms with E-state index in [0.29, 0.717) is 0 Å². The first-order chi connectivity index (χ1) is 13.5. The maximum Gasteiger partial charge on any atom is 0.341 e. The summed E-state index contributed by atoms with van der Waals surface area (Å²) in [5.74, 6) is -1.17. The molecule has 1 aromatic carbocycles. The molecule has 3 heterocycles. The molecule has 1 saturated carbocycles. The third-order valence-corrected chi connectivity index (χ3v) is 6.22. The number of nitrogens with one attached hydrogen (secondary N) is 1. The summed E-state index contributed by atoms with van der Waals surface area (Å²) < 4.78 is 7.31. The number of anilines is 1. The molecule has 1 aliphatic heterocycles. The normalized spacial score (nSPS) is 16.2. The molecule has 1 fully saturated rings. The first-order valence-electron chi connectivity index (χ1n) is 9.40. The van der Waals surface area contributed by atoms with Crippen LogP contribution < -0.4 is 10.7 Å². The molecule has 1 spiro atoms. The molecule has 6 heteroatoms. The lowest BCUT2D eigenvalue weighted by molar-refractivity contribution is 0.0691. The quantitative estimate of drug-likeness (QED) is 0.723. The predicted molar refractivity (Wildman–Crippen MR) is 106 cm³/mol. The lowest BCUT2D eigenvalue weighted by Gasteiger charge is -2.49. The van der Waals surface area contributed by atoms with Gasteiger partial charge in [0, 0.05) is 47.2 Å². The highest BCUT2D eigenvalue weighted by Crippen LogP contribution is 2.50. The summed E-state index contributed by atoms with van der Waals surface area (Å²) in [6, 6.07) is 7.64. The monoisotopic (exact) mass is 376 g/mol. The van der Waals surface area contributed by atoms with Crippen molar-refractivity contribution in [3.63, 3.8) is 0 Å². The van der Waals surface area contributed by atoms with Crippen LogP contribution >= 0.6 is 0 Å². The number of hydrogen-bond donors (Lipinski definition) is 2. The molecular weight excluding hydrogens is 356 g/mol. The summed E-state index contributed by atoms with van der Waals surface area (Å²) >= 11 is 0. The van der Waals surface area contributed by atoms with E-state index in [1.165, 1.54) is 11.6 Å². The molecule has 6 nitrogen and oxygen atoms in total. The second kappa shape index (κ2) is 5.86. The summed E-state index contributed by atoms with van der Waals surface area (Å²) in [7, 11) is 1.86. The highest BCUT2D eigenvalue weighted by molar-refractivity contribution is 5.89. The van der Waals surface area contributed by atoms with Crippen LogP contribution in [0, 0.1) is 0 Å². The molecule has 5 rings (SSSR count). The molecule has 0 bridgehead atoms. The Morgan fingerprint density at radius 2 is 2.07 bits per heavy atom. The molecule has 142 valence electrons. The van der Waals surface area contributed by atoms with E-state index >= 15 is 0 Å². The Morgan fingerprint density at radius 1 is 1.25 bits per heavy atom. The van der Waals surface area contributed by atoms with Gasteiger partial charge in [-0.2, -0.15) is 0 Å². The molecule has 2 N–H and O–H groups in total. The van der Waals surface area contributed by atoms with E-state index < -0.39 is 11.4 Å². The number of rotatable bonds is 3. The van der Waals surface area contributed by atoms with E-state index in [4.69, 9.17) is 4.42 Å². The lowest BCUT2D eigenvalue weighted by atomic mass is 9.69. The van der Waals surface area contributed by atoms with Crippen molar-refractivity contribution in [2.75, 3.05) is 12.4 Å². The minimum atomic E-state index is -1.17. The van der Waals surface area contributed by atoms with Gasteiger partial charge >= 0.3 is 5.97 Å². The molecule has 0 amide bonds. The number of carbonyl (C=O) groups is 1. The second-order valence-electron chi connectivity index (χ2n) is 7.68. The topological polar surface area (TPSA) is 84.5 Å². The molecule has 1 aliphatic carbocycles. The zero-order valence-corrected chi connectivity index (χ0v) is 15.5. The van der Waals surface area contributed by atoms with Crippen LogP contribution in [0.15, 0.2) is 52.2 Å². The maximum atomic E-state index is 12.4. The van der Waals surface area contributed by atoms with Gasteiger partial charge in [-0.1, -0.05) is 0 Å². The molecule has 0 radical (unpaired) electrons. The number of fused-ring (bicyclic) bond motifs is 4. The predicted octanol–water partition coefficient (Wildman–Crippen LogP) is 3.95. The van der Waals surface area contributed by atoms with Crippen molar-refractivity contribution in [1.82, 2.24) is 4.57 Å². The average molecular weight is 376 g/mol. The van der Waals surface area contributed by atoms with E-state index in [0.717, 1.165) is 53.8 Å². The van der Waals surface area contributed by atoms with E-state index in [2.05, 4.69) is 17.4 Å². The average Bonchev–Trinajstić information content (AvgIpc) is 3.18. The van der Waals surface area contributed by atoms with Gasteiger partial charge in [-0.3, -0.25) is 4.79 Å². The Bertz CT molecular complexity index is 1150. The number of carboxylic acid groups (broad SMARTS) is 1. The van der Waals surface area contributed by atoms with Crippen LogP contribution in [0.5, 0.6) is 0 Å². The van der Waals surface area contributed by atoms with E-state index in [9.17, 15) is 14.7 Å². The van der Waals surface area contributed by atoms with E-state index in [1.54, 1.807) is 18.7 Å². The second-order valence-corrected chi connectivity index (χ2v) is 7.68. The van der Waals surface area contributed by atoms with Crippen LogP contribution in [0.3, 0.4) is 0 Å². The summed E-state index contributed by atoms with van der Waals surface area (Å²) in [4.78, 5) is 24.0. The van der Waals surface area contributed by atoms with Crippen molar-refractivity contribution in [2.45, 2.75) is 31.2 Å². The first-order valence-corrected chi connectivity index (χ1v) is 9.40. The lowest BCUT2D eigenvalue weighted by Crippen LogP contribution is -2.46. The van der Waals surface area contributed by atoms with Gasteiger partial charge in [0.1, 0.15) is 5.56 Å². The Balaban J connectivity index is 1.78. The van der Waals surface area contributed by atoms with E-state index in [1.807, 2.05) is 17.7 Å². The van der Waals surface area contributed by atoms with Gasteiger partial charge < -0.3 is 19.4 Å². The van der Waals surface area contributed by atoms with Crippen molar-refractivity contribution in [3.05, 3.63) is 64.3 Å². The van der Waals surface area contributed by atoms with Crippen LogP contribution in [0.4, 0.5) is 5.69 Å². The fourth-order valence-electron chi connectivity index (χ4n) is 4.63. The number of furan rings is 1. The largest absolute Gasteiger partial charge is 0.477 e. The SMILES string of the molecule is CNc1cc2c(cc1-c1ccoc1)CC1(CCC1)n1cc(C(=O)O)c(=O)cc1-2. The van der Waals surface area contributed by atoms with Gasteiger partial charge in [0.2, 0.25) is 0 Å². The third kappa shape index (κ3) is 2.27. The summed E-state index contributed by atoms with van der Waals surface area (Å²) in [6.45, 7) is 0. The zero-order valence-electron chi connectivity index (χ0n) is 15.5. The third-order valence-electron chi connectivity index (χ3n) is 6.22. The van der Waals surface area contributed by atoms with Crippen LogP contribution in [-0.4, -0.2) is 22.7 Å². The van der Waals surface area contributed by atoms with Crippen molar-refractivity contribution in [3.8, 4) is 22.4 Å². The molecule has 0 saturated heterocycles. The molecule has 2 aliphatic rings. The van der Waals surface area contributed by atoms with Gasteiger partial charge in [-0.25, -0.2) is 4.79 Å². The van der Waals surface area contributed by atoms with Crippen LogP contribution in [0.1, 0.15) is 35.2 Å². The Morgan fingerprint density at radius 3 is 2.68 bits per heavy atom. The number of aromatic carboxylic acids is 1. The Labute approximate surface area is 161 Å². The van der Waals surface area contributed by atoms with Crippen molar-refractivity contribution in [1.29, 1.82) is 0 Å². The minimum absolute atomic E-state index is 0.144. The number of hydrogen-bond acceptors (Lipinski definition) is 4. The molecule has 2 aromatic heterocycles. The molecule has 0 atom stereocenters. The Hall–Kier alpha value is -3.28. The fraction of sp³-hybridized carbons (Fsp3) is 0.273. The van der Waals surface area contributed by atoms with Gasteiger partial charge in [-0.05, 0) is 49.4 Å². The highest BCUT2D eigenvalue weighted by Gasteiger charge is 2.43. The molecule has 28 heavy (non-hydrogen) atoms. The Kier molecular flexibility index (Phi) is 3.53. The fourth-order valence-corrected chi connectivity index (χ4v) is 4.63. The van der Waals surface area contributed by atoms with Crippen molar-refractivity contribution in [2.24, 2.45) is 0 Å². The summed E-state index contributed by atoms with van der Waals surface area (Å²) in [5.41, 5.74) is 5.18. The van der Waals surface area contributed by atoms with Gasteiger partial charge in [0.05, 0.1) is 18.2 Å². The standard InChI is InChI=1S/C22H20N2O4/c1-23-18-8-16-14(7-15(18)13-3-6-28-12-13)10-22(4-2-5-22)24-11-17(21(26)27)20(25)9-19(16)24/h3,6-9,11-12,23H,2,4-5,10H2,1H3,(H,26,27). The zero-order chi connectivity index (χ0) is 19.5. The van der Waals surface area contributed by atoms with Crippen LogP contribution in [-0.2, 0) is 12.0 Å².